The number of hydrogen-bond acceptors (Lipinski definition) is 1. The second-order valence-electron chi connectivity index (χ2n) is 2.53. The highest BCUT2D eigenvalue weighted by atomic mass is 15.1. The van der Waals surface area contributed by atoms with Crippen LogP contribution in [0, 0.1) is 17.8 Å². The third-order valence-electron chi connectivity index (χ3n) is 1.50. The van der Waals surface area contributed by atoms with Crippen molar-refractivity contribution in [3.8, 4) is 11.8 Å². The van der Waals surface area contributed by atoms with Crippen molar-refractivity contribution in [3.05, 3.63) is 18.0 Å². The average molecular weight is 132 g/mol. The second kappa shape index (κ2) is 2.18. The average Bonchev–Trinajstić information content (AvgIpc) is 2.63. The van der Waals surface area contributed by atoms with Gasteiger partial charge in [-0.2, -0.15) is 5.10 Å². The van der Waals surface area contributed by atoms with Gasteiger partial charge in [-0.1, -0.05) is 11.8 Å². The predicted molar refractivity (Wildman–Crippen MR) is 38.2 cm³/mol. The molecule has 1 aromatic heterocycles. The third kappa shape index (κ3) is 1.19. The van der Waals surface area contributed by atoms with Crippen LogP contribution in [-0.4, -0.2) is 10.2 Å². The van der Waals surface area contributed by atoms with Crippen LogP contribution in [0.5, 0.6) is 0 Å². The molecule has 50 valence electrons. The van der Waals surface area contributed by atoms with Crippen LogP contribution in [0.4, 0.5) is 0 Å². The second-order valence-corrected chi connectivity index (χ2v) is 2.53. The van der Waals surface area contributed by atoms with Crippen molar-refractivity contribution in [3.63, 3.8) is 0 Å². The van der Waals surface area contributed by atoms with Gasteiger partial charge in [0.05, 0.1) is 11.8 Å². The van der Waals surface area contributed by atoms with Crippen LogP contribution >= 0.6 is 0 Å². The lowest BCUT2D eigenvalue weighted by atomic mass is 10.3. The minimum absolute atomic E-state index is 0.676. The number of nitrogens with one attached hydrogen (secondary N) is 1. The Bertz CT molecular complexity index is 259. The first-order valence-electron chi connectivity index (χ1n) is 3.45. The van der Waals surface area contributed by atoms with Gasteiger partial charge in [0.25, 0.3) is 0 Å². The summed E-state index contributed by atoms with van der Waals surface area (Å²) in [5.41, 5.74) is 0.993. The summed E-state index contributed by atoms with van der Waals surface area (Å²) in [6, 6.07) is 0. The van der Waals surface area contributed by atoms with Crippen molar-refractivity contribution >= 4 is 0 Å². The molecule has 2 heteroatoms. The lowest BCUT2D eigenvalue weighted by molar-refractivity contribution is 1.09. The normalized spacial score (nSPS) is 16.0. The molecular formula is C8H8N2. The number of H-pyrrole nitrogens is 1. The Hall–Kier alpha value is -1.23. The molecule has 1 heterocycles. The summed E-state index contributed by atoms with van der Waals surface area (Å²) < 4.78 is 0. The standard InChI is InChI=1S/C8H8N2/c1-2-7(1)3-4-8-5-9-10-6-8/h5-7H,1-2H2,(H,9,10). The van der Waals surface area contributed by atoms with E-state index in [1.165, 1.54) is 12.8 Å². The van der Waals surface area contributed by atoms with E-state index in [1.807, 2.05) is 6.20 Å². The molecule has 0 saturated heterocycles. The van der Waals surface area contributed by atoms with Crippen LogP contribution < -0.4 is 0 Å². The Labute approximate surface area is 59.6 Å². The fourth-order valence-corrected chi connectivity index (χ4v) is 0.732. The highest BCUT2D eigenvalue weighted by Crippen LogP contribution is 2.27. The molecule has 1 fully saturated rings. The Morgan fingerprint density at radius 1 is 1.60 bits per heavy atom. The quantitative estimate of drug-likeness (QED) is 0.527. The van der Waals surface area contributed by atoms with Crippen molar-refractivity contribution in [1.29, 1.82) is 0 Å². The van der Waals surface area contributed by atoms with Gasteiger partial charge in [0.15, 0.2) is 0 Å². The zero-order chi connectivity index (χ0) is 6.81. The zero-order valence-electron chi connectivity index (χ0n) is 5.59. The highest BCUT2D eigenvalue weighted by Gasteiger charge is 2.17. The van der Waals surface area contributed by atoms with Crippen LogP contribution in [0.25, 0.3) is 0 Å². The summed E-state index contributed by atoms with van der Waals surface area (Å²) in [6.07, 6.45) is 6.13. The van der Waals surface area contributed by atoms with Gasteiger partial charge >= 0.3 is 0 Å². The smallest absolute Gasteiger partial charge is 0.0644 e. The zero-order valence-corrected chi connectivity index (χ0v) is 5.59. The summed E-state index contributed by atoms with van der Waals surface area (Å²) in [6.45, 7) is 0. The van der Waals surface area contributed by atoms with Crippen LogP contribution in [0.1, 0.15) is 18.4 Å². The van der Waals surface area contributed by atoms with Crippen molar-refractivity contribution < 1.29 is 0 Å². The molecule has 0 amide bonds. The van der Waals surface area contributed by atoms with Gasteiger partial charge in [0.2, 0.25) is 0 Å². The van der Waals surface area contributed by atoms with E-state index in [1.54, 1.807) is 6.20 Å². The van der Waals surface area contributed by atoms with Crippen LogP contribution in [0.3, 0.4) is 0 Å². The summed E-state index contributed by atoms with van der Waals surface area (Å²) >= 11 is 0. The first-order valence-corrected chi connectivity index (χ1v) is 3.45. The largest absolute Gasteiger partial charge is 0.284 e. The maximum Gasteiger partial charge on any atom is 0.0644 e. The maximum absolute atomic E-state index is 3.79. The predicted octanol–water partition coefficient (Wildman–Crippen LogP) is 1.17. The first-order chi connectivity index (χ1) is 4.95. The molecule has 1 aliphatic rings. The van der Waals surface area contributed by atoms with Gasteiger partial charge < -0.3 is 0 Å². The summed E-state index contributed by atoms with van der Waals surface area (Å²) in [7, 11) is 0. The molecule has 0 aliphatic heterocycles. The number of rotatable bonds is 0. The monoisotopic (exact) mass is 132 g/mol. The molecule has 0 aromatic carbocycles. The number of hydrogen-bond donors (Lipinski definition) is 1. The van der Waals surface area contributed by atoms with Crippen molar-refractivity contribution in [2.24, 2.45) is 5.92 Å². The number of aromatic amines is 1. The summed E-state index contributed by atoms with van der Waals surface area (Å²) in [5.74, 6) is 6.87. The fraction of sp³-hybridized carbons (Fsp3) is 0.375. The topological polar surface area (TPSA) is 28.7 Å². The van der Waals surface area contributed by atoms with Gasteiger partial charge in [0, 0.05) is 12.1 Å². The SMILES string of the molecule is C(#CC1CC1)c1cn[nH]c1. The Morgan fingerprint density at radius 2 is 2.50 bits per heavy atom. The molecule has 2 rings (SSSR count). The van der Waals surface area contributed by atoms with E-state index < -0.39 is 0 Å². The number of aromatic nitrogens is 2. The van der Waals surface area contributed by atoms with Crippen LogP contribution in [-0.2, 0) is 0 Å². The number of nitrogens with zero attached hydrogens (tertiary/aromatic N) is 1. The van der Waals surface area contributed by atoms with E-state index in [2.05, 4.69) is 22.0 Å². The van der Waals surface area contributed by atoms with E-state index in [-0.39, 0.29) is 0 Å². The van der Waals surface area contributed by atoms with E-state index in [0.29, 0.717) is 5.92 Å². The van der Waals surface area contributed by atoms with Crippen molar-refractivity contribution in [2.75, 3.05) is 0 Å². The molecule has 0 radical (unpaired) electrons. The molecule has 0 spiro atoms. The molecule has 0 unspecified atom stereocenters. The minimum atomic E-state index is 0.676. The maximum atomic E-state index is 3.79. The van der Waals surface area contributed by atoms with Crippen molar-refractivity contribution in [1.82, 2.24) is 10.2 Å². The van der Waals surface area contributed by atoms with E-state index in [9.17, 15) is 0 Å². The van der Waals surface area contributed by atoms with Gasteiger partial charge in [-0.25, -0.2) is 0 Å². The Balaban J connectivity index is 2.09. The molecular weight excluding hydrogens is 124 g/mol. The summed E-state index contributed by atoms with van der Waals surface area (Å²) in [4.78, 5) is 0. The molecule has 1 saturated carbocycles. The lowest BCUT2D eigenvalue weighted by Crippen LogP contribution is -1.66. The first kappa shape index (κ1) is 5.55. The third-order valence-corrected chi connectivity index (χ3v) is 1.50. The Morgan fingerprint density at radius 3 is 3.10 bits per heavy atom. The minimum Gasteiger partial charge on any atom is -0.284 e. The molecule has 1 N–H and O–H groups in total. The van der Waals surface area contributed by atoms with Gasteiger partial charge in [-0.3, -0.25) is 5.10 Å². The molecule has 2 nitrogen and oxygen atoms in total. The van der Waals surface area contributed by atoms with E-state index >= 15 is 0 Å². The van der Waals surface area contributed by atoms with E-state index in [4.69, 9.17) is 0 Å². The summed E-state index contributed by atoms with van der Waals surface area (Å²) in [5, 5.41) is 6.51. The molecule has 0 atom stereocenters. The molecule has 0 bridgehead atoms. The van der Waals surface area contributed by atoms with Gasteiger partial charge in [-0.05, 0) is 12.8 Å². The van der Waals surface area contributed by atoms with Crippen LogP contribution in [0.15, 0.2) is 12.4 Å². The Kier molecular flexibility index (Phi) is 1.21. The molecule has 1 aromatic rings. The lowest BCUT2D eigenvalue weighted by Gasteiger charge is -1.72. The van der Waals surface area contributed by atoms with Crippen molar-refractivity contribution in [2.45, 2.75) is 12.8 Å². The van der Waals surface area contributed by atoms with Gasteiger partial charge in [-0.15, -0.1) is 0 Å². The molecule has 10 heavy (non-hydrogen) atoms. The molecule has 1 aliphatic carbocycles. The highest BCUT2D eigenvalue weighted by molar-refractivity contribution is 5.30. The fourth-order valence-electron chi connectivity index (χ4n) is 0.732. The van der Waals surface area contributed by atoms with E-state index in [0.717, 1.165) is 5.56 Å². The van der Waals surface area contributed by atoms with Gasteiger partial charge in [0.1, 0.15) is 0 Å². The van der Waals surface area contributed by atoms with Crippen LogP contribution in [0.2, 0.25) is 0 Å².